The van der Waals surface area contributed by atoms with Gasteiger partial charge in [-0.1, -0.05) is 5.21 Å². The van der Waals surface area contributed by atoms with Crippen molar-refractivity contribution in [3.63, 3.8) is 0 Å². The fourth-order valence-corrected chi connectivity index (χ4v) is 3.40. The fourth-order valence-electron chi connectivity index (χ4n) is 3.40. The zero-order valence-corrected chi connectivity index (χ0v) is 15.7. The van der Waals surface area contributed by atoms with Crippen molar-refractivity contribution in [2.45, 2.75) is 6.92 Å². The van der Waals surface area contributed by atoms with Crippen LogP contribution >= 0.6 is 0 Å². The second-order valence-electron chi connectivity index (χ2n) is 6.79. The first-order chi connectivity index (χ1) is 13.1. The van der Waals surface area contributed by atoms with E-state index in [1.165, 1.54) is 0 Å². The number of carbonyl (C=O) groups excluding carboxylic acids is 1. The van der Waals surface area contributed by atoms with Gasteiger partial charge in [0, 0.05) is 52.4 Å². The number of hydrogen-bond acceptors (Lipinski definition) is 8. The van der Waals surface area contributed by atoms with Crippen LogP contribution in [0.15, 0.2) is 12.3 Å². The van der Waals surface area contributed by atoms with Gasteiger partial charge in [0.2, 0.25) is 0 Å². The van der Waals surface area contributed by atoms with E-state index in [1.807, 2.05) is 17.9 Å². The number of amides is 1. The molecule has 0 saturated carbocycles. The van der Waals surface area contributed by atoms with Gasteiger partial charge in [0.25, 0.3) is 5.91 Å². The van der Waals surface area contributed by atoms with Crippen LogP contribution in [0, 0.1) is 6.92 Å². The summed E-state index contributed by atoms with van der Waals surface area (Å²) < 4.78 is 6.97. The van der Waals surface area contributed by atoms with Gasteiger partial charge in [-0.3, -0.25) is 9.48 Å². The summed E-state index contributed by atoms with van der Waals surface area (Å²) in [7, 11) is 1.76. The van der Waals surface area contributed by atoms with Crippen LogP contribution in [0.2, 0.25) is 0 Å². The van der Waals surface area contributed by atoms with Crippen molar-refractivity contribution in [3.8, 4) is 0 Å². The van der Waals surface area contributed by atoms with Gasteiger partial charge in [0.1, 0.15) is 17.5 Å². The van der Waals surface area contributed by atoms with Gasteiger partial charge in [-0.15, -0.1) is 5.10 Å². The molecule has 144 valence electrons. The SMILES string of the molecule is Cc1nc(N2CCOCC2)cc(N2CCN(C(=O)c3cn(C)nn3)CC2)n1. The lowest BCUT2D eigenvalue weighted by molar-refractivity contribution is 0.0740. The van der Waals surface area contributed by atoms with Crippen molar-refractivity contribution in [2.75, 3.05) is 62.3 Å². The predicted octanol–water partition coefficient (Wildman–Crippen LogP) is -0.287. The summed E-state index contributed by atoms with van der Waals surface area (Å²) in [6.07, 6.45) is 1.65. The molecule has 0 spiro atoms. The van der Waals surface area contributed by atoms with E-state index in [-0.39, 0.29) is 5.91 Å². The summed E-state index contributed by atoms with van der Waals surface area (Å²) in [5, 5.41) is 7.75. The summed E-state index contributed by atoms with van der Waals surface area (Å²) in [4.78, 5) is 28.0. The van der Waals surface area contributed by atoms with Crippen LogP contribution in [-0.4, -0.2) is 88.3 Å². The minimum absolute atomic E-state index is 0.0735. The van der Waals surface area contributed by atoms with Crippen LogP contribution in [0.5, 0.6) is 0 Å². The lowest BCUT2D eigenvalue weighted by Crippen LogP contribution is -2.49. The van der Waals surface area contributed by atoms with Gasteiger partial charge < -0.3 is 19.4 Å². The second-order valence-corrected chi connectivity index (χ2v) is 6.79. The van der Waals surface area contributed by atoms with E-state index >= 15 is 0 Å². The standard InChI is InChI=1S/C17H24N8O2/c1-13-18-15(11-16(19-13)24-7-9-27-10-8-24)23-3-5-25(6-4-23)17(26)14-12-22(2)21-20-14/h11-12H,3-10H2,1-2H3. The average molecular weight is 372 g/mol. The maximum Gasteiger partial charge on any atom is 0.276 e. The topological polar surface area (TPSA) is 92.5 Å². The Hall–Kier alpha value is -2.75. The van der Waals surface area contributed by atoms with Crippen LogP contribution in [-0.2, 0) is 11.8 Å². The third-order valence-corrected chi connectivity index (χ3v) is 4.86. The first kappa shape index (κ1) is 17.7. The zero-order chi connectivity index (χ0) is 18.8. The van der Waals surface area contributed by atoms with Crippen molar-refractivity contribution < 1.29 is 9.53 Å². The predicted molar refractivity (Wildman–Crippen MR) is 98.9 cm³/mol. The van der Waals surface area contributed by atoms with Crippen LogP contribution < -0.4 is 9.80 Å². The maximum absolute atomic E-state index is 12.5. The third-order valence-electron chi connectivity index (χ3n) is 4.86. The molecule has 0 atom stereocenters. The number of nitrogens with zero attached hydrogens (tertiary/aromatic N) is 8. The molecule has 2 aromatic rings. The van der Waals surface area contributed by atoms with Gasteiger partial charge in [0.05, 0.1) is 19.4 Å². The first-order valence-electron chi connectivity index (χ1n) is 9.19. The third kappa shape index (κ3) is 3.85. The summed E-state index contributed by atoms with van der Waals surface area (Å²) in [5.74, 6) is 2.54. The van der Waals surface area contributed by atoms with Crippen molar-refractivity contribution in [1.29, 1.82) is 0 Å². The average Bonchev–Trinajstić information content (AvgIpc) is 3.14. The Balaban J connectivity index is 1.43. The molecule has 0 aromatic carbocycles. The lowest BCUT2D eigenvalue weighted by Gasteiger charge is -2.35. The summed E-state index contributed by atoms with van der Waals surface area (Å²) in [6, 6.07) is 2.04. The van der Waals surface area contributed by atoms with E-state index in [4.69, 9.17) is 4.74 Å². The van der Waals surface area contributed by atoms with E-state index in [2.05, 4.69) is 30.1 Å². The van der Waals surface area contributed by atoms with Gasteiger partial charge in [0.15, 0.2) is 5.69 Å². The van der Waals surface area contributed by atoms with Crippen LogP contribution in [0.25, 0.3) is 0 Å². The van der Waals surface area contributed by atoms with Crippen molar-refractivity contribution in [3.05, 3.63) is 23.8 Å². The molecule has 1 amide bonds. The van der Waals surface area contributed by atoms with Crippen molar-refractivity contribution >= 4 is 17.5 Å². The number of morpholine rings is 1. The summed E-state index contributed by atoms with van der Waals surface area (Å²) in [5.41, 5.74) is 0.387. The highest BCUT2D eigenvalue weighted by molar-refractivity contribution is 5.92. The highest BCUT2D eigenvalue weighted by Gasteiger charge is 2.25. The number of aryl methyl sites for hydroxylation is 2. The Morgan fingerprint density at radius 1 is 1.00 bits per heavy atom. The quantitative estimate of drug-likeness (QED) is 0.726. The molecule has 0 unspecified atom stereocenters. The molecule has 2 saturated heterocycles. The smallest absolute Gasteiger partial charge is 0.276 e. The monoisotopic (exact) mass is 372 g/mol. The van der Waals surface area contributed by atoms with Crippen LogP contribution in [0.3, 0.4) is 0 Å². The Morgan fingerprint density at radius 3 is 2.22 bits per heavy atom. The molecule has 4 rings (SSSR count). The molecule has 27 heavy (non-hydrogen) atoms. The molecule has 0 N–H and O–H groups in total. The molecule has 0 bridgehead atoms. The van der Waals surface area contributed by atoms with Crippen molar-refractivity contribution in [1.82, 2.24) is 29.9 Å². The number of hydrogen-bond donors (Lipinski definition) is 0. The summed E-state index contributed by atoms with van der Waals surface area (Å²) >= 11 is 0. The first-order valence-corrected chi connectivity index (χ1v) is 9.19. The zero-order valence-electron chi connectivity index (χ0n) is 15.7. The van der Waals surface area contributed by atoms with Gasteiger partial charge in [-0.2, -0.15) is 0 Å². The molecule has 10 nitrogen and oxygen atoms in total. The molecular weight excluding hydrogens is 348 g/mol. The molecule has 2 aromatic heterocycles. The molecule has 2 aliphatic heterocycles. The summed E-state index contributed by atoms with van der Waals surface area (Å²) in [6.45, 7) is 7.77. The highest BCUT2D eigenvalue weighted by atomic mass is 16.5. The lowest BCUT2D eigenvalue weighted by atomic mass is 10.2. The molecular formula is C17H24N8O2. The van der Waals surface area contributed by atoms with Gasteiger partial charge in [-0.05, 0) is 6.92 Å². The van der Waals surface area contributed by atoms with E-state index in [0.29, 0.717) is 18.8 Å². The van der Waals surface area contributed by atoms with Crippen LogP contribution in [0.4, 0.5) is 11.6 Å². The molecule has 0 aliphatic carbocycles. The molecule has 10 heteroatoms. The molecule has 0 radical (unpaired) electrons. The Labute approximate surface area is 157 Å². The number of carbonyl (C=O) groups is 1. The van der Waals surface area contributed by atoms with Gasteiger partial charge in [-0.25, -0.2) is 9.97 Å². The maximum atomic E-state index is 12.5. The van der Waals surface area contributed by atoms with Crippen molar-refractivity contribution in [2.24, 2.45) is 7.05 Å². The minimum Gasteiger partial charge on any atom is -0.378 e. The van der Waals surface area contributed by atoms with Crippen LogP contribution in [0.1, 0.15) is 16.3 Å². The normalized spacial score (nSPS) is 18.1. The number of anilines is 2. The second kappa shape index (κ2) is 7.47. The molecule has 2 fully saturated rings. The van der Waals surface area contributed by atoms with E-state index < -0.39 is 0 Å². The highest BCUT2D eigenvalue weighted by Crippen LogP contribution is 2.21. The molecule has 4 heterocycles. The number of piperazine rings is 1. The number of aromatic nitrogens is 5. The molecule has 2 aliphatic rings. The Morgan fingerprint density at radius 2 is 1.63 bits per heavy atom. The van der Waals surface area contributed by atoms with E-state index in [9.17, 15) is 4.79 Å². The van der Waals surface area contributed by atoms with E-state index in [0.717, 1.165) is 56.9 Å². The fraction of sp³-hybridized carbons (Fsp3) is 0.588. The number of ether oxygens (including phenoxy) is 1. The number of rotatable bonds is 3. The largest absolute Gasteiger partial charge is 0.378 e. The minimum atomic E-state index is -0.0735. The Kier molecular flexibility index (Phi) is 4.88. The van der Waals surface area contributed by atoms with Gasteiger partial charge >= 0.3 is 0 Å². The Bertz CT molecular complexity index is 809. The van der Waals surface area contributed by atoms with E-state index in [1.54, 1.807) is 17.9 Å².